The van der Waals surface area contributed by atoms with E-state index in [4.69, 9.17) is 11.6 Å². The highest BCUT2D eigenvalue weighted by Gasteiger charge is 2.42. The van der Waals surface area contributed by atoms with Crippen molar-refractivity contribution in [2.24, 2.45) is 5.92 Å². The van der Waals surface area contributed by atoms with Crippen LogP contribution in [0.2, 0.25) is 0 Å². The molecule has 2 nitrogen and oxygen atoms in total. The number of fused-ring (bicyclic) bond motifs is 2. The Balaban J connectivity index is 0.000000869. The van der Waals surface area contributed by atoms with Gasteiger partial charge in [-0.1, -0.05) is 80.9 Å². The minimum absolute atomic E-state index is 0. The van der Waals surface area contributed by atoms with E-state index in [0.29, 0.717) is 5.92 Å². The van der Waals surface area contributed by atoms with E-state index in [9.17, 15) is 12.9 Å². The summed E-state index contributed by atoms with van der Waals surface area (Å²) in [6.07, 6.45) is 11.1. The van der Waals surface area contributed by atoms with Crippen LogP contribution in [0.1, 0.15) is 58.6 Å². The molecule has 0 N–H and O–H groups in total. The van der Waals surface area contributed by atoms with Crippen LogP contribution in [0.3, 0.4) is 0 Å². The van der Waals surface area contributed by atoms with E-state index in [1.807, 2.05) is 0 Å². The molecule has 0 amide bonds. The van der Waals surface area contributed by atoms with Crippen LogP contribution in [-0.4, -0.2) is 31.9 Å². The molecular formula is C33H38BClF4N2. The van der Waals surface area contributed by atoms with Crippen molar-refractivity contribution in [1.29, 1.82) is 0 Å². The first kappa shape index (κ1) is 32.5. The predicted octanol–water partition coefficient (Wildman–Crippen LogP) is 6.29. The van der Waals surface area contributed by atoms with Crippen LogP contribution >= 0.6 is 11.6 Å². The van der Waals surface area contributed by atoms with Crippen molar-refractivity contribution in [2.75, 3.05) is 19.0 Å². The minimum Gasteiger partial charge on any atom is -1.00 e. The lowest BCUT2D eigenvalue weighted by atomic mass is 9.80. The summed E-state index contributed by atoms with van der Waals surface area (Å²) >= 11 is 7.07. The van der Waals surface area contributed by atoms with Gasteiger partial charge in [0.15, 0.2) is 5.71 Å². The average Bonchev–Trinajstić information content (AvgIpc) is 3.21. The molecule has 0 radical (unpaired) electrons. The molecule has 5 rings (SSSR count). The quantitative estimate of drug-likeness (QED) is 0.233. The van der Waals surface area contributed by atoms with Gasteiger partial charge in [-0.05, 0) is 61.5 Å². The fraction of sp³-hybridized carbons (Fsp3) is 0.364. The number of hydrogen-bond acceptors (Lipinski definition) is 1. The molecule has 0 fully saturated rings. The molecule has 0 spiro atoms. The molecule has 2 aromatic carbocycles. The maximum absolute atomic E-state index is 9.67. The summed E-state index contributed by atoms with van der Waals surface area (Å²) in [6.45, 7) is 11.6. The molecule has 3 aliphatic rings. The van der Waals surface area contributed by atoms with E-state index in [1.165, 1.54) is 45.1 Å². The Morgan fingerprint density at radius 3 is 2.10 bits per heavy atom. The van der Waals surface area contributed by atoms with Crippen molar-refractivity contribution >= 4 is 36.2 Å². The largest absolute Gasteiger partial charge is 1.00 e. The van der Waals surface area contributed by atoms with Gasteiger partial charge in [-0.25, -0.2) is 0 Å². The van der Waals surface area contributed by atoms with Gasteiger partial charge in [0.25, 0.3) is 0 Å². The summed E-state index contributed by atoms with van der Waals surface area (Å²) < 4.78 is 31.3. The van der Waals surface area contributed by atoms with Gasteiger partial charge in [0.1, 0.15) is 7.05 Å². The van der Waals surface area contributed by atoms with Crippen molar-refractivity contribution in [1.82, 2.24) is 0 Å². The molecule has 0 saturated carbocycles. The number of rotatable bonds is 3. The first-order valence-corrected chi connectivity index (χ1v) is 14.1. The van der Waals surface area contributed by atoms with Crippen molar-refractivity contribution in [3.8, 4) is 0 Å². The Kier molecular flexibility index (Phi) is 9.85. The average molecular weight is 585 g/mol. The van der Waals surface area contributed by atoms with Gasteiger partial charge < -0.3 is 9.60 Å². The summed E-state index contributed by atoms with van der Waals surface area (Å²) in [5.41, 5.74) is 10.3. The number of halogens is 5. The van der Waals surface area contributed by atoms with Crippen LogP contribution in [0, 0.1) is 5.92 Å². The maximum Gasteiger partial charge on any atom is 0.762 e. The number of hydrogen-bond donors (Lipinski definition) is 0. The number of anilines is 1. The monoisotopic (exact) mass is 584 g/mol. The molecule has 1 aliphatic carbocycles. The Labute approximate surface area is 247 Å². The zero-order valence-electron chi connectivity index (χ0n) is 24.8. The van der Waals surface area contributed by atoms with Gasteiger partial charge in [-0.2, -0.15) is 4.58 Å². The molecule has 8 heteroatoms. The summed E-state index contributed by atoms with van der Waals surface area (Å²) in [4.78, 5) is 2.32. The van der Waals surface area contributed by atoms with Gasteiger partial charge in [0.05, 0.1) is 5.41 Å². The van der Waals surface area contributed by atoms with Crippen LogP contribution in [0.5, 0.6) is 0 Å². The van der Waals surface area contributed by atoms with E-state index in [1.54, 1.807) is 0 Å². The van der Waals surface area contributed by atoms with Gasteiger partial charge in [-0.15, -0.1) is 0 Å². The lowest BCUT2D eigenvalue weighted by molar-refractivity contribution is -0.401. The van der Waals surface area contributed by atoms with Crippen LogP contribution in [-0.2, 0) is 10.8 Å². The number of likely N-dealkylation sites (N-methyl/N-ethyl adjacent to an activating group) is 1. The van der Waals surface area contributed by atoms with E-state index in [0.717, 1.165) is 17.9 Å². The molecule has 0 aromatic heterocycles. The SMILES string of the molecule is CC1CC(/C=C/C2=[N+](C)c3ccccc3C2(C)C)=C(Cl)C(=C/C=C2/N(C)c3ccccc3C2(C)C)/C1.FB(F)F.[F-]. The lowest BCUT2D eigenvalue weighted by Crippen LogP contribution is -3.00. The molecule has 1 unspecified atom stereocenters. The number of para-hydroxylation sites is 2. The van der Waals surface area contributed by atoms with Crippen molar-refractivity contribution in [3.63, 3.8) is 0 Å². The summed E-state index contributed by atoms with van der Waals surface area (Å²) in [5.74, 6) is 0.555. The molecule has 1 atom stereocenters. The van der Waals surface area contributed by atoms with Crippen molar-refractivity contribution < 1.29 is 22.2 Å². The first-order chi connectivity index (χ1) is 18.8. The normalized spacial score (nSPS) is 22.5. The van der Waals surface area contributed by atoms with Crippen LogP contribution < -0.4 is 9.60 Å². The second-order valence-electron chi connectivity index (χ2n) is 12.0. The summed E-state index contributed by atoms with van der Waals surface area (Å²) in [7, 11) is 0.671. The van der Waals surface area contributed by atoms with Crippen molar-refractivity contribution in [2.45, 2.75) is 58.3 Å². The van der Waals surface area contributed by atoms with Gasteiger partial charge in [0.2, 0.25) is 5.69 Å². The third-order valence-electron chi connectivity index (χ3n) is 8.47. The minimum atomic E-state index is -3.67. The molecule has 0 bridgehead atoms. The van der Waals surface area contributed by atoms with Gasteiger partial charge in [-0.3, -0.25) is 12.9 Å². The molecular weight excluding hydrogens is 547 g/mol. The molecule has 41 heavy (non-hydrogen) atoms. The standard InChI is InChI=1S/C33H38ClN2.BF3.FH/c1-22-20-23(16-18-29-32(2,3)25-12-8-10-14-27(25)35(29)6)31(34)24(21-22)17-19-30-33(4,5)26-13-9-11-15-28(26)36(30)7;2-1(3)4;/h8-19,22H,20-21H2,1-7H3;;1H/q+1;;/p-1. The number of benzene rings is 2. The number of allylic oxidation sites excluding steroid dienone is 8. The Morgan fingerprint density at radius 1 is 0.902 bits per heavy atom. The fourth-order valence-corrected chi connectivity index (χ4v) is 6.73. The third kappa shape index (κ3) is 6.25. The predicted molar refractivity (Wildman–Crippen MR) is 164 cm³/mol. The zero-order valence-corrected chi connectivity index (χ0v) is 25.5. The second kappa shape index (κ2) is 12.4. The first-order valence-electron chi connectivity index (χ1n) is 13.7. The highest BCUT2D eigenvalue weighted by Crippen LogP contribution is 2.47. The summed E-state index contributed by atoms with van der Waals surface area (Å²) in [5, 5.41) is 0.911. The van der Waals surface area contributed by atoms with E-state index >= 15 is 0 Å². The molecule has 2 aromatic rings. The van der Waals surface area contributed by atoms with Crippen molar-refractivity contribution in [3.05, 3.63) is 106 Å². The zero-order chi connectivity index (χ0) is 29.4. The van der Waals surface area contributed by atoms with E-state index < -0.39 is 7.54 Å². The molecule has 218 valence electrons. The molecule has 0 saturated heterocycles. The van der Waals surface area contributed by atoms with Gasteiger partial charge in [0, 0.05) is 46.6 Å². The topological polar surface area (TPSA) is 6.25 Å². The fourth-order valence-electron chi connectivity index (χ4n) is 6.45. The number of nitrogens with zero attached hydrogens (tertiary/aromatic N) is 2. The Hall–Kier alpha value is -3.06. The third-order valence-corrected chi connectivity index (χ3v) is 8.95. The maximum atomic E-state index is 9.67. The summed E-state index contributed by atoms with van der Waals surface area (Å²) in [6, 6.07) is 17.4. The lowest BCUT2D eigenvalue weighted by Gasteiger charge is -2.25. The second-order valence-corrected chi connectivity index (χ2v) is 12.3. The Morgan fingerprint density at radius 2 is 1.49 bits per heavy atom. The molecule has 2 heterocycles. The smallest absolute Gasteiger partial charge is 0.762 e. The Bertz CT molecular complexity index is 1450. The highest BCUT2D eigenvalue weighted by atomic mass is 35.5. The van der Waals surface area contributed by atoms with Crippen LogP contribution in [0.15, 0.2) is 94.7 Å². The van der Waals surface area contributed by atoms with Gasteiger partial charge >= 0.3 is 7.54 Å². The van der Waals surface area contributed by atoms with Crippen LogP contribution in [0.4, 0.5) is 24.3 Å². The molecule has 2 aliphatic heterocycles. The van der Waals surface area contributed by atoms with Crippen LogP contribution in [0.25, 0.3) is 0 Å². The van der Waals surface area contributed by atoms with E-state index in [2.05, 4.69) is 131 Å². The van der Waals surface area contributed by atoms with E-state index in [-0.39, 0.29) is 15.5 Å². The highest BCUT2D eigenvalue weighted by molar-refractivity contribution is 6.33.